The summed E-state index contributed by atoms with van der Waals surface area (Å²) in [5, 5.41) is 0. The maximum absolute atomic E-state index is 12.2. The van der Waals surface area contributed by atoms with Crippen LogP contribution in [-0.2, 0) is 9.53 Å². The number of urea groups is 1. The van der Waals surface area contributed by atoms with Gasteiger partial charge in [-0.1, -0.05) is 0 Å². The number of amides is 2. The molecule has 2 aliphatic rings. The zero-order valence-electron chi connectivity index (χ0n) is 11.1. The minimum absolute atomic E-state index is 0.0986. The molecule has 0 aromatic carbocycles. The number of hydrogen-bond acceptors (Lipinski definition) is 3. The molecular formula is C13H22N2O3. The lowest BCUT2D eigenvalue weighted by Crippen LogP contribution is -2.48. The number of esters is 1. The van der Waals surface area contributed by atoms with Crippen molar-refractivity contribution in [2.45, 2.75) is 32.6 Å². The number of carbonyl (C=O) groups is 2. The van der Waals surface area contributed by atoms with Gasteiger partial charge in [-0.3, -0.25) is 4.79 Å². The van der Waals surface area contributed by atoms with Gasteiger partial charge in [0.05, 0.1) is 12.5 Å². The van der Waals surface area contributed by atoms with E-state index in [0.29, 0.717) is 13.2 Å². The van der Waals surface area contributed by atoms with E-state index in [4.69, 9.17) is 4.74 Å². The van der Waals surface area contributed by atoms with E-state index in [1.165, 1.54) is 0 Å². The Kier molecular flexibility index (Phi) is 4.44. The predicted octanol–water partition coefficient (Wildman–Crippen LogP) is 1.48. The van der Waals surface area contributed by atoms with Gasteiger partial charge in [0.15, 0.2) is 0 Å². The lowest BCUT2D eigenvalue weighted by atomic mass is 9.98. The highest BCUT2D eigenvalue weighted by Crippen LogP contribution is 2.20. The van der Waals surface area contributed by atoms with E-state index in [1.54, 1.807) is 0 Å². The second-order valence-corrected chi connectivity index (χ2v) is 5.01. The monoisotopic (exact) mass is 254 g/mol. The van der Waals surface area contributed by atoms with Crippen molar-refractivity contribution in [1.82, 2.24) is 9.80 Å². The number of hydrogen-bond donors (Lipinski definition) is 0. The fourth-order valence-corrected chi connectivity index (χ4v) is 2.71. The van der Waals surface area contributed by atoms with E-state index >= 15 is 0 Å². The molecule has 0 N–H and O–H groups in total. The van der Waals surface area contributed by atoms with Gasteiger partial charge in [-0.15, -0.1) is 0 Å². The Morgan fingerprint density at radius 3 is 2.44 bits per heavy atom. The first-order valence-electron chi connectivity index (χ1n) is 6.93. The molecule has 102 valence electrons. The zero-order valence-corrected chi connectivity index (χ0v) is 11.1. The largest absolute Gasteiger partial charge is 0.466 e. The van der Waals surface area contributed by atoms with Gasteiger partial charge in [0, 0.05) is 26.2 Å². The molecule has 0 aromatic rings. The van der Waals surface area contributed by atoms with Crippen LogP contribution in [0.25, 0.3) is 0 Å². The summed E-state index contributed by atoms with van der Waals surface area (Å²) >= 11 is 0. The van der Waals surface area contributed by atoms with Crippen LogP contribution in [0.4, 0.5) is 4.79 Å². The first-order chi connectivity index (χ1) is 8.72. The number of piperidine rings is 1. The van der Waals surface area contributed by atoms with Crippen LogP contribution in [-0.4, -0.2) is 54.6 Å². The summed E-state index contributed by atoms with van der Waals surface area (Å²) in [5.41, 5.74) is 0. The maximum atomic E-state index is 12.2. The third-order valence-electron chi connectivity index (χ3n) is 3.69. The number of rotatable bonds is 2. The molecule has 18 heavy (non-hydrogen) atoms. The normalized spacial score (nSPS) is 24.2. The quantitative estimate of drug-likeness (QED) is 0.701. The number of likely N-dealkylation sites (tertiary alicyclic amines) is 2. The summed E-state index contributed by atoms with van der Waals surface area (Å²) in [6, 6.07) is 0.0986. The van der Waals surface area contributed by atoms with E-state index < -0.39 is 0 Å². The second-order valence-electron chi connectivity index (χ2n) is 5.01. The molecule has 0 spiro atoms. The van der Waals surface area contributed by atoms with Gasteiger partial charge >= 0.3 is 12.0 Å². The highest BCUT2D eigenvalue weighted by Gasteiger charge is 2.32. The van der Waals surface area contributed by atoms with Crippen LogP contribution >= 0.6 is 0 Å². The number of nitrogens with zero attached hydrogens (tertiary/aromatic N) is 2. The van der Waals surface area contributed by atoms with Gasteiger partial charge in [0.1, 0.15) is 0 Å². The first-order valence-corrected chi connectivity index (χ1v) is 6.93. The Morgan fingerprint density at radius 1 is 1.11 bits per heavy atom. The highest BCUT2D eigenvalue weighted by atomic mass is 16.5. The summed E-state index contributed by atoms with van der Waals surface area (Å²) in [6.07, 6.45) is 3.92. The molecule has 2 heterocycles. The van der Waals surface area contributed by atoms with Crippen molar-refractivity contribution in [2.24, 2.45) is 5.92 Å². The van der Waals surface area contributed by atoms with Crippen LogP contribution in [0.3, 0.4) is 0 Å². The van der Waals surface area contributed by atoms with Gasteiger partial charge in [-0.05, 0) is 32.6 Å². The number of carbonyl (C=O) groups excluding carboxylic acids is 2. The van der Waals surface area contributed by atoms with Crippen LogP contribution in [0.5, 0.6) is 0 Å². The molecule has 2 amide bonds. The molecule has 2 aliphatic heterocycles. The van der Waals surface area contributed by atoms with Gasteiger partial charge in [0.25, 0.3) is 0 Å². The standard InChI is InChI=1S/C13H22N2O3/c1-2-18-12(16)11-6-5-9-15(10-11)13(17)14-7-3-4-8-14/h11H,2-10H2,1H3/t11-/m1/s1. The van der Waals surface area contributed by atoms with Crippen molar-refractivity contribution in [3.8, 4) is 0 Å². The molecule has 0 aliphatic carbocycles. The fraction of sp³-hybridized carbons (Fsp3) is 0.846. The van der Waals surface area contributed by atoms with Crippen LogP contribution in [0, 0.1) is 5.92 Å². The maximum Gasteiger partial charge on any atom is 0.320 e. The molecule has 0 bridgehead atoms. The summed E-state index contributed by atoms with van der Waals surface area (Å²) in [4.78, 5) is 27.7. The van der Waals surface area contributed by atoms with Gasteiger partial charge in [-0.25, -0.2) is 4.79 Å². The summed E-state index contributed by atoms with van der Waals surface area (Å²) in [7, 11) is 0. The van der Waals surface area contributed by atoms with Crippen molar-refractivity contribution in [3.05, 3.63) is 0 Å². The third kappa shape index (κ3) is 2.94. The Morgan fingerprint density at radius 2 is 1.78 bits per heavy atom. The predicted molar refractivity (Wildman–Crippen MR) is 67.1 cm³/mol. The average molecular weight is 254 g/mol. The molecule has 1 atom stereocenters. The highest BCUT2D eigenvalue weighted by molar-refractivity contribution is 5.77. The Bertz CT molecular complexity index is 313. The lowest BCUT2D eigenvalue weighted by Gasteiger charge is -2.34. The van der Waals surface area contributed by atoms with Crippen LogP contribution < -0.4 is 0 Å². The molecule has 0 unspecified atom stereocenters. The molecule has 2 saturated heterocycles. The summed E-state index contributed by atoms with van der Waals surface area (Å²) in [6.45, 7) is 5.24. The minimum atomic E-state index is -0.156. The van der Waals surface area contributed by atoms with E-state index in [2.05, 4.69) is 0 Å². The van der Waals surface area contributed by atoms with E-state index in [9.17, 15) is 9.59 Å². The first kappa shape index (κ1) is 13.2. The Hall–Kier alpha value is -1.26. The molecule has 5 heteroatoms. The summed E-state index contributed by atoms with van der Waals surface area (Å²) < 4.78 is 5.04. The van der Waals surface area contributed by atoms with Gasteiger partial charge < -0.3 is 14.5 Å². The Balaban J connectivity index is 1.89. The SMILES string of the molecule is CCOC(=O)[C@@H]1CCCN(C(=O)N2CCCC2)C1. The van der Waals surface area contributed by atoms with Crippen molar-refractivity contribution < 1.29 is 14.3 Å². The molecule has 2 fully saturated rings. The van der Waals surface area contributed by atoms with Crippen LogP contribution in [0.2, 0.25) is 0 Å². The van der Waals surface area contributed by atoms with E-state index in [0.717, 1.165) is 45.3 Å². The fourth-order valence-electron chi connectivity index (χ4n) is 2.71. The molecule has 0 saturated carbocycles. The van der Waals surface area contributed by atoms with Gasteiger partial charge in [0.2, 0.25) is 0 Å². The van der Waals surface area contributed by atoms with E-state index in [-0.39, 0.29) is 17.9 Å². The number of ether oxygens (including phenoxy) is 1. The van der Waals surface area contributed by atoms with Gasteiger partial charge in [-0.2, -0.15) is 0 Å². The van der Waals surface area contributed by atoms with Crippen LogP contribution in [0.1, 0.15) is 32.6 Å². The smallest absolute Gasteiger partial charge is 0.320 e. The summed E-state index contributed by atoms with van der Waals surface area (Å²) in [5.74, 6) is -0.290. The molecular weight excluding hydrogens is 232 g/mol. The van der Waals surface area contributed by atoms with Crippen molar-refractivity contribution >= 4 is 12.0 Å². The molecule has 5 nitrogen and oxygen atoms in total. The van der Waals surface area contributed by atoms with Crippen molar-refractivity contribution in [1.29, 1.82) is 0 Å². The zero-order chi connectivity index (χ0) is 13.0. The third-order valence-corrected chi connectivity index (χ3v) is 3.69. The molecule has 0 aromatic heterocycles. The van der Waals surface area contributed by atoms with E-state index in [1.807, 2.05) is 16.7 Å². The average Bonchev–Trinajstić information content (AvgIpc) is 2.92. The van der Waals surface area contributed by atoms with Crippen LogP contribution in [0.15, 0.2) is 0 Å². The van der Waals surface area contributed by atoms with Crippen molar-refractivity contribution in [3.63, 3.8) is 0 Å². The second kappa shape index (κ2) is 6.07. The minimum Gasteiger partial charge on any atom is -0.466 e. The van der Waals surface area contributed by atoms with Crippen molar-refractivity contribution in [2.75, 3.05) is 32.8 Å². The topological polar surface area (TPSA) is 49.9 Å². The Labute approximate surface area is 108 Å². The molecule has 0 radical (unpaired) electrons. The lowest BCUT2D eigenvalue weighted by molar-refractivity contribution is -0.149. The molecule has 2 rings (SSSR count).